The van der Waals surface area contributed by atoms with Crippen molar-refractivity contribution in [1.82, 2.24) is 4.57 Å². The molecule has 1 unspecified atom stereocenters. The Morgan fingerprint density at radius 2 is 2.11 bits per heavy atom. The summed E-state index contributed by atoms with van der Waals surface area (Å²) in [5, 5.41) is 9.80. The molecule has 0 fully saturated rings. The summed E-state index contributed by atoms with van der Waals surface area (Å²) < 4.78 is 2.42. The lowest BCUT2D eigenvalue weighted by atomic mass is 10.1. The average Bonchev–Trinajstić information content (AvgIpc) is 2.71. The number of carboxylic acids is 1. The first-order valence-electron chi connectivity index (χ1n) is 5.36. The Hall–Kier alpha value is -1.26. The first kappa shape index (κ1) is 13.2. The molecule has 0 aliphatic rings. The molecule has 5 heteroatoms. The number of rotatable bonds is 3. The summed E-state index contributed by atoms with van der Waals surface area (Å²) in [6.07, 6.45) is 1.75. The molecule has 0 amide bonds. The topological polar surface area (TPSA) is 42.2 Å². The highest BCUT2D eigenvalue weighted by Gasteiger charge is 2.18. The molecule has 0 spiro atoms. The molecule has 1 heterocycles. The highest BCUT2D eigenvalue weighted by Crippen LogP contribution is 2.28. The first-order chi connectivity index (χ1) is 8.50. The van der Waals surface area contributed by atoms with E-state index in [9.17, 15) is 4.79 Å². The summed E-state index contributed by atoms with van der Waals surface area (Å²) in [7, 11) is 0. The van der Waals surface area contributed by atoms with Crippen LogP contribution >= 0.6 is 27.5 Å². The number of aromatic carboxylic acids is 1. The third-order valence-corrected chi connectivity index (χ3v) is 3.58. The van der Waals surface area contributed by atoms with Crippen LogP contribution in [-0.4, -0.2) is 15.6 Å². The summed E-state index contributed by atoms with van der Waals surface area (Å²) in [6, 6.07) is 8.86. The van der Waals surface area contributed by atoms with Gasteiger partial charge in [-0.1, -0.05) is 29.8 Å². The van der Waals surface area contributed by atoms with Crippen molar-refractivity contribution < 1.29 is 9.90 Å². The normalized spacial score (nSPS) is 12.4. The number of benzene rings is 1. The molecule has 0 aliphatic carbocycles. The van der Waals surface area contributed by atoms with Gasteiger partial charge in [-0.25, -0.2) is 4.79 Å². The lowest BCUT2D eigenvalue weighted by Crippen LogP contribution is -2.13. The highest BCUT2D eigenvalue weighted by atomic mass is 79.9. The van der Waals surface area contributed by atoms with E-state index >= 15 is 0 Å². The summed E-state index contributed by atoms with van der Waals surface area (Å²) in [5.41, 5.74) is 1.12. The van der Waals surface area contributed by atoms with Crippen molar-refractivity contribution in [3.05, 3.63) is 57.3 Å². The lowest BCUT2D eigenvalue weighted by Gasteiger charge is -2.17. The summed E-state index contributed by atoms with van der Waals surface area (Å²) in [6.45, 7) is 1.92. The largest absolute Gasteiger partial charge is 0.477 e. The Balaban J connectivity index is 2.49. The fourth-order valence-electron chi connectivity index (χ4n) is 1.90. The average molecular weight is 329 g/mol. The fourth-order valence-corrected chi connectivity index (χ4v) is 2.63. The molecule has 2 rings (SSSR count). The number of nitrogens with zero attached hydrogens (tertiary/aromatic N) is 1. The Labute approximate surface area is 118 Å². The van der Waals surface area contributed by atoms with Crippen LogP contribution in [0.25, 0.3) is 0 Å². The van der Waals surface area contributed by atoms with Gasteiger partial charge >= 0.3 is 5.97 Å². The fraction of sp³-hybridized carbons (Fsp3) is 0.154. The molecule has 1 atom stereocenters. The molecule has 1 aromatic heterocycles. The van der Waals surface area contributed by atoms with Crippen molar-refractivity contribution in [1.29, 1.82) is 0 Å². The van der Waals surface area contributed by atoms with E-state index < -0.39 is 5.97 Å². The van der Waals surface area contributed by atoms with Gasteiger partial charge in [-0.3, -0.25) is 0 Å². The number of aromatic nitrogens is 1. The Morgan fingerprint density at radius 1 is 1.44 bits per heavy atom. The van der Waals surface area contributed by atoms with E-state index in [0.29, 0.717) is 5.02 Å². The molecule has 18 heavy (non-hydrogen) atoms. The van der Waals surface area contributed by atoms with Crippen molar-refractivity contribution in [2.45, 2.75) is 13.0 Å². The van der Waals surface area contributed by atoms with E-state index in [0.717, 1.165) is 10.0 Å². The van der Waals surface area contributed by atoms with Gasteiger partial charge in [-0.05, 0) is 40.5 Å². The Bertz CT molecular complexity index is 594. The van der Waals surface area contributed by atoms with Gasteiger partial charge in [0.05, 0.1) is 6.04 Å². The summed E-state index contributed by atoms with van der Waals surface area (Å²) in [5.74, 6) is -0.959. The van der Waals surface area contributed by atoms with Gasteiger partial charge < -0.3 is 9.67 Å². The van der Waals surface area contributed by atoms with Gasteiger partial charge in [0.25, 0.3) is 0 Å². The zero-order chi connectivity index (χ0) is 13.3. The Kier molecular flexibility index (Phi) is 3.78. The van der Waals surface area contributed by atoms with Gasteiger partial charge in [-0.2, -0.15) is 0 Å². The van der Waals surface area contributed by atoms with Crippen LogP contribution in [0, 0.1) is 0 Å². The lowest BCUT2D eigenvalue weighted by molar-refractivity contribution is 0.0684. The molecule has 0 radical (unpaired) electrons. The minimum Gasteiger partial charge on any atom is -0.477 e. The van der Waals surface area contributed by atoms with Crippen LogP contribution in [0.2, 0.25) is 5.02 Å². The number of carboxylic acid groups (broad SMARTS) is 1. The zero-order valence-corrected chi connectivity index (χ0v) is 11.9. The van der Waals surface area contributed by atoms with Gasteiger partial charge in [0.15, 0.2) is 0 Å². The minimum absolute atomic E-state index is 0.143. The highest BCUT2D eigenvalue weighted by molar-refractivity contribution is 9.10. The van der Waals surface area contributed by atoms with Crippen molar-refractivity contribution >= 4 is 33.5 Å². The van der Waals surface area contributed by atoms with E-state index in [1.165, 1.54) is 0 Å². The van der Waals surface area contributed by atoms with E-state index in [1.54, 1.807) is 22.9 Å². The molecule has 1 N–H and O–H groups in total. The number of hydrogen-bond donors (Lipinski definition) is 1. The predicted octanol–water partition coefficient (Wildman–Crippen LogP) is 4.21. The summed E-state index contributed by atoms with van der Waals surface area (Å²) in [4.78, 5) is 11.2. The maximum absolute atomic E-state index is 11.2. The molecule has 94 valence electrons. The molecular weight excluding hydrogens is 318 g/mol. The minimum atomic E-state index is -0.959. The van der Waals surface area contributed by atoms with Crippen LogP contribution in [0.5, 0.6) is 0 Å². The van der Waals surface area contributed by atoms with E-state index in [4.69, 9.17) is 16.7 Å². The van der Waals surface area contributed by atoms with Crippen LogP contribution in [-0.2, 0) is 0 Å². The van der Waals surface area contributed by atoms with Crippen molar-refractivity contribution in [2.75, 3.05) is 0 Å². The number of carbonyl (C=O) groups is 1. The molecular formula is C13H11BrClNO2. The Morgan fingerprint density at radius 3 is 2.72 bits per heavy atom. The molecule has 1 aromatic carbocycles. The van der Waals surface area contributed by atoms with Gasteiger partial charge in [0, 0.05) is 15.7 Å². The van der Waals surface area contributed by atoms with Crippen molar-refractivity contribution in [2.24, 2.45) is 0 Å². The van der Waals surface area contributed by atoms with Gasteiger partial charge in [0.2, 0.25) is 0 Å². The number of hydrogen-bond acceptors (Lipinski definition) is 1. The molecule has 0 bridgehead atoms. The van der Waals surface area contributed by atoms with E-state index in [2.05, 4.69) is 15.9 Å². The van der Waals surface area contributed by atoms with Gasteiger partial charge in [0.1, 0.15) is 5.69 Å². The maximum Gasteiger partial charge on any atom is 0.352 e. The second-order valence-corrected chi connectivity index (χ2v) is 5.28. The molecule has 3 nitrogen and oxygen atoms in total. The van der Waals surface area contributed by atoms with E-state index in [-0.39, 0.29) is 11.7 Å². The van der Waals surface area contributed by atoms with Crippen LogP contribution in [0.4, 0.5) is 0 Å². The van der Waals surface area contributed by atoms with Crippen LogP contribution in [0.3, 0.4) is 0 Å². The van der Waals surface area contributed by atoms with Crippen LogP contribution in [0.1, 0.15) is 29.0 Å². The summed E-state index contributed by atoms with van der Waals surface area (Å²) >= 11 is 9.43. The second-order valence-electron chi connectivity index (χ2n) is 3.95. The number of halogens is 2. The van der Waals surface area contributed by atoms with Crippen molar-refractivity contribution in [3.8, 4) is 0 Å². The SMILES string of the molecule is CC(c1ccccc1Cl)n1cc(Br)cc1C(=O)O. The molecule has 0 saturated carbocycles. The quantitative estimate of drug-likeness (QED) is 0.917. The molecule has 2 aromatic rings. The predicted molar refractivity (Wildman–Crippen MR) is 74.4 cm³/mol. The standard InChI is InChI=1S/C13H11BrClNO2/c1-8(10-4-2-3-5-11(10)15)16-7-9(14)6-12(16)13(17)18/h2-8H,1H3,(H,17,18). The zero-order valence-electron chi connectivity index (χ0n) is 9.60. The smallest absolute Gasteiger partial charge is 0.352 e. The van der Waals surface area contributed by atoms with Crippen LogP contribution in [0.15, 0.2) is 41.0 Å². The van der Waals surface area contributed by atoms with Gasteiger partial charge in [-0.15, -0.1) is 0 Å². The first-order valence-corrected chi connectivity index (χ1v) is 6.53. The molecule has 0 aliphatic heterocycles. The molecule has 0 saturated heterocycles. The maximum atomic E-state index is 11.2. The second kappa shape index (κ2) is 5.16. The van der Waals surface area contributed by atoms with E-state index in [1.807, 2.05) is 25.1 Å². The third kappa shape index (κ3) is 2.44. The van der Waals surface area contributed by atoms with Crippen molar-refractivity contribution in [3.63, 3.8) is 0 Å². The monoisotopic (exact) mass is 327 g/mol. The van der Waals surface area contributed by atoms with Crippen LogP contribution < -0.4 is 0 Å². The third-order valence-electron chi connectivity index (χ3n) is 2.81.